The zero-order valence-corrected chi connectivity index (χ0v) is 18.6. The lowest BCUT2D eigenvalue weighted by atomic mass is 10.0. The minimum atomic E-state index is -0.301. The van der Waals surface area contributed by atoms with Crippen molar-refractivity contribution in [3.8, 4) is 5.75 Å². The molecule has 31 heavy (non-hydrogen) atoms. The van der Waals surface area contributed by atoms with Crippen LogP contribution in [0.15, 0.2) is 35.8 Å². The molecule has 0 aliphatic carbocycles. The summed E-state index contributed by atoms with van der Waals surface area (Å²) < 4.78 is 20.9. The number of aliphatic imine (C=N–C) groups is 1. The fraction of sp³-hybridized carbons (Fsp3) is 0.591. The van der Waals surface area contributed by atoms with Crippen LogP contribution in [0.4, 0.5) is 4.39 Å². The number of aromatic nitrogens is 3. The van der Waals surface area contributed by atoms with Crippen molar-refractivity contribution in [3.63, 3.8) is 0 Å². The van der Waals surface area contributed by atoms with Crippen LogP contribution in [0.25, 0.3) is 0 Å². The van der Waals surface area contributed by atoms with E-state index in [4.69, 9.17) is 9.73 Å². The van der Waals surface area contributed by atoms with Crippen molar-refractivity contribution in [2.75, 3.05) is 33.3 Å². The van der Waals surface area contributed by atoms with Gasteiger partial charge in [-0.1, -0.05) is 6.07 Å². The van der Waals surface area contributed by atoms with Crippen molar-refractivity contribution in [2.24, 2.45) is 4.99 Å². The Balaban J connectivity index is 1.39. The predicted octanol–water partition coefficient (Wildman–Crippen LogP) is 2.43. The van der Waals surface area contributed by atoms with E-state index in [1.54, 1.807) is 24.8 Å². The molecule has 1 fully saturated rings. The molecular weight excluding hydrogens is 397 g/mol. The van der Waals surface area contributed by atoms with Gasteiger partial charge in [0.05, 0.1) is 7.11 Å². The summed E-state index contributed by atoms with van der Waals surface area (Å²) in [6.07, 6.45) is 7.63. The number of unbranched alkanes of at least 4 members (excludes halogenated alkanes) is 1. The lowest BCUT2D eigenvalue weighted by Crippen LogP contribution is -2.48. The Hall–Kier alpha value is -2.68. The van der Waals surface area contributed by atoms with E-state index in [1.807, 2.05) is 10.6 Å². The first-order valence-electron chi connectivity index (χ1n) is 11.1. The Morgan fingerprint density at radius 3 is 2.68 bits per heavy atom. The summed E-state index contributed by atoms with van der Waals surface area (Å²) in [5.41, 5.74) is 0.978. The maximum atomic E-state index is 13.9. The van der Waals surface area contributed by atoms with Gasteiger partial charge in [-0.3, -0.25) is 9.89 Å². The summed E-state index contributed by atoms with van der Waals surface area (Å²) in [4.78, 5) is 7.10. The summed E-state index contributed by atoms with van der Waals surface area (Å²) >= 11 is 0. The first-order chi connectivity index (χ1) is 15.2. The van der Waals surface area contributed by atoms with Crippen LogP contribution in [0.5, 0.6) is 5.75 Å². The first kappa shape index (κ1) is 23.0. The van der Waals surface area contributed by atoms with Crippen molar-refractivity contribution in [1.29, 1.82) is 0 Å². The quantitative estimate of drug-likeness (QED) is 0.342. The Morgan fingerprint density at radius 1 is 1.23 bits per heavy atom. The molecule has 2 aromatic rings. The molecule has 0 amide bonds. The van der Waals surface area contributed by atoms with Gasteiger partial charge in [-0.2, -0.15) is 0 Å². The van der Waals surface area contributed by atoms with Crippen molar-refractivity contribution in [2.45, 2.75) is 51.7 Å². The highest BCUT2D eigenvalue weighted by atomic mass is 19.1. The Bertz CT molecular complexity index is 804. The second kappa shape index (κ2) is 12.2. The number of halogens is 1. The van der Waals surface area contributed by atoms with Gasteiger partial charge < -0.3 is 19.9 Å². The number of ether oxygens (including phenoxy) is 1. The number of rotatable bonds is 10. The number of nitrogens with zero attached hydrogens (tertiary/aromatic N) is 5. The third-order valence-corrected chi connectivity index (χ3v) is 5.46. The number of likely N-dealkylation sites (tertiary alicyclic amines) is 1. The van der Waals surface area contributed by atoms with Crippen LogP contribution in [0.1, 0.15) is 38.2 Å². The molecule has 2 N–H and O–H groups in total. The van der Waals surface area contributed by atoms with E-state index in [0.717, 1.165) is 76.5 Å². The average molecular weight is 432 g/mol. The maximum absolute atomic E-state index is 13.9. The largest absolute Gasteiger partial charge is 0.494 e. The lowest BCUT2D eigenvalue weighted by Gasteiger charge is -2.33. The van der Waals surface area contributed by atoms with E-state index >= 15 is 0 Å². The van der Waals surface area contributed by atoms with Crippen LogP contribution in [0.2, 0.25) is 0 Å². The lowest BCUT2D eigenvalue weighted by molar-refractivity contribution is 0.198. The summed E-state index contributed by atoms with van der Waals surface area (Å²) in [6, 6.07) is 5.61. The molecule has 0 bridgehead atoms. The Labute approximate surface area is 183 Å². The molecule has 1 aromatic heterocycles. The van der Waals surface area contributed by atoms with Gasteiger partial charge in [0, 0.05) is 45.3 Å². The smallest absolute Gasteiger partial charge is 0.191 e. The Morgan fingerprint density at radius 2 is 2.00 bits per heavy atom. The number of piperidine rings is 1. The molecule has 3 rings (SSSR count). The predicted molar refractivity (Wildman–Crippen MR) is 120 cm³/mol. The third-order valence-electron chi connectivity index (χ3n) is 5.46. The van der Waals surface area contributed by atoms with Gasteiger partial charge in [-0.05, 0) is 50.3 Å². The van der Waals surface area contributed by atoms with Crippen LogP contribution in [-0.4, -0.2) is 65.0 Å². The van der Waals surface area contributed by atoms with E-state index < -0.39 is 0 Å². The molecule has 9 heteroatoms. The van der Waals surface area contributed by atoms with E-state index in [2.05, 4.69) is 32.7 Å². The fourth-order valence-corrected chi connectivity index (χ4v) is 3.75. The molecule has 170 valence electrons. The third kappa shape index (κ3) is 7.50. The molecule has 0 saturated carbocycles. The van der Waals surface area contributed by atoms with Crippen molar-refractivity contribution in [1.82, 2.24) is 30.3 Å². The van der Waals surface area contributed by atoms with Crippen molar-refractivity contribution >= 4 is 5.96 Å². The van der Waals surface area contributed by atoms with Gasteiger partial charge in [0.1, 0.15) is 12.7 Å². The number of nitrogens with one attached hydrogen (secondary N) is 2. The summed E-state index contributed by atoms with van der Waals surface area (Å²) in [7, 11) is 1.49. The van der Waals surface area contributed by atoms with Gasteiger partial charge in [0.15, 0.2) is 17.5 Å². The zero-order valence-electron chi connectivity index (χ0n) is 18.6. The van der Waals surface area contributed by atoms with Gasteiger partial charge >= 0.3 is 0 Å². The van der Waals surface area contributed by atoms with Crippen molar-refractivity contribution < 1.29 is 9.13 Å². The van der Waals surface area contributed by atoms with Gasteiger partial charge in [-0.15, -0.1) is 10.2 Å². The monoisotopic (exact) mass is 431 g/mol. The molecule has 0 atom stereocenters. The summed E-state index contributed by atoms with van der Waals surface area (Å²) in [6.45, 7) is 7.35. The fourth-order valence-electron chi connectivity index (χ4n) is 3.75. The number of guanidine groups is 1. The molecule has 0 unspecified atom stereocenters. The highest BCUT2D eigenvalue weighted by molar-refractivity contribution is 5.80. The molecule has 0 radical (unpaired) electrons. The number of hydrogen-bond donors (Lipinski definition) is 2. The molecule has 1 aromatic carbocycles. The van der Waals surface area contributed by atoms with Gasteiger partial charge in [-0.25, -0.2) is 4.39 Å². The van der Waals surface area contributed by atoms with E-state index in [1.165, 1.54) is 7.11 Å². The number of benzene rings is 1. The topological polar surface area (TPSA) is 79.6 Å². The second-order valence-electron chi connectivity index (χ2n) is 7.83. The van der Waals surface area contributed by atoms with Crippen LogP contribution >= 0.6 is 0 Å². The van der Waals surface area contributed by atoms with Crippen LogP contribution in [0, 0.1) is 5.82 Å². The van der Waals surface area contributed by atoms with Crippen LogP contribution in [0.3, 0.4) is 0 Å². The minimum Gasteiger partial charge on any atom is -0.494 e. The minimum absolute atomic E-state index is 0.292. The SMILES string of the molecule is CCNC(=NCCCCn1cnnc1)NC1CCN(Cc2ccc(OC)c(F)c2)CC1. The maximum Gasteiger partial charge on any atom is 0.191 e. The van der Waals surface area contributed by atoms with Crippen LogP contribution in [-0.2, 0) is 13.1 Å². The molecule has 0 spiro atoms. The highest BCUT2D eigenvalue weighted by Crippen LogP contribution is 2.20. The molecule has 8 nitrogen and oxygen atoms in total. The number of methoxy groups -OCH3 is 1. The molecule has 2 heterocycles. The van der Waals surface area contributed by atoms with Crippen molar-refractivity contribution in [3.05, 3.63) is 42.2 Å². The normalized spacial score (nSPS) is 15.8. The zero-order chi connectivity index (χ0) is 21.9. The first-order valence-corrected chi connectivity index (χ1v) is 11.1. The average Bonchev–Trinajstić information content (AvgIpc) is 3.29. The standard InChI is InChI=1S/C22H34FN7O/c1-3-24-22(25-10-4-5-11-30-16-26-27-17-30)28-19-8-12-29(13-9-19)15-18-6-7-21(31-2)20(23)14-18/h6-7,14,16-17,19H,3-5,8-13,15H2,1-2H3,(H2,24,25,28). The molecular formula is C22H34FN7O. The summed E-state index contributed by atoms with van der Waals surface area (Å²) in [5, 5.41) is 14.6. The van der Waals surface area contributed by atoms with E-state index in [0.29, 0.717) is 11.8 Å². The van der Waals surface area contributed by atoms with Crippen LogP contribution < -0.4 is 15.4 Å². The number of aryl methyl sites for hydroxylation is 1. The van der Waals surface area contributed by atoms with E-state index in [-0.39, 0.29) is 5.82 Å². The second-order valence-corrected chi connectivity index (χ2v) is 7.83. The highest BCUT2D eigenvalue weighted by Gasteiger charge is 2.20. The van der Waals surface area contributed by atoms with Gasteiger partial charge in [0.2, 0.25) is 0 Å². The van der Waals surface area contributed by atoms with Gasteiger partial charge in [0.25, 0.3) is 0 Å². The molecule has 1 aliphatic heterocycles. The Kier molecular flexibility index (Phi) is 9.08. The van der Waals surface area contributed by atoms with E-state index in [9.17, 15) is 4.39 Å². The summed E-state index contributed by atoms with van der Waals surface area (Å²) in [5.74, 6) is 0.882. The molecule has 1 aliphatic rings. The number of hydrogen-bond acceptors (Lipinski definition) is 5. The molecule has 1 saturated heterocycles.